The Morgan fingerprint density at radius 2 is 1.94 bits per heavy atom. The molecule has 170 valence electrons. The smallest absolute Gasteiger partial charge is 0.203 e. The number of hydrogen-bond acceptors (Lipinski definition) is 8. The third-order valence-corrected chi connectivity index (χ3v) is 5.08. The normalized spacial score (nSPS) is 11.0. The first kappa shape index (κ1) is 21.3. The number of benzene rings is 1. The maximum atomic E-state index is 12.4. The lowest BCUT2D eigenvalue weighted by atomic mass is 10.1. The van der Waals surface area contributed by atoms with Crippen molar-refractivity contribution in [2.24, 2.45) is 7.05 Å². The van der Waals surface area contributed by atoms with Crippen molar-refractivity contribution in [1.82, 2.24) is 34.7 Å². The van der Waals surface area contributed by atoms with E-state index in [9.17, 15) is 4.79 Å². The van der Waals surface area contributed by atoms with Crippen LogP contribution < -0.4 is 10.2 Å². The van der Waals surface area contributed by atoms with Crippen LogP contribution in [0.1, 0.15) is 22.7 Å². The summed E-state index contributed by atoms with van der Waals surface area (Å²) < 4.78 is 14.0. The van der Waals surface area contributed by atoms with Gasteiger partial charge < -0.3 is 9.26 Å². The Labute approximate surface area is 194 Å². The average molecular weight is 455 g/mol. The molecule has 1 aromatic carbocycles. The van der Waals surface area contributed by atoms with Gasteiger partial charge in [-0.05, 0) is 18.6 Å². The Balaban J connectivity index is 1.31. The molecule has 0 aliphatic heterocycles. The number of aromatic nitrogens is 7. The number of rotatable bonds is 7. The predicted octanol–water partition coefficient (Wildman–Crippen LogP) is 2.89. The third-order valence-electron chi connectivity index (χ3n) is 5.08. The lowest BCUT2D eigenvalue weighted by Gasteiger charge is -2.07. The molecule has 0 N–H and O–H groups in total. The average Bonchev–Trinajstić information content (AvgIpc) is 3.47. The molecule has 4 heterocycles. The van der Waals surface area contributed by atoms with Gasteiger partial charge in [0.1, 0.15) is 29.4 Å². The predicted molar refractivity (Wildman–Crippen MR) is 122 cm³/mol. The molecule has 0 amide bonds. The molecule has 10 heteroatoms. The molecule has 0 saturated heterocycles. The minimum Gasteiger partial charge on any atom is -0.484 e. The van der Waals surface area contributed by atoms with Gasteiger partial charge in [0.05, 0.1) is 24.8 Å². The van der Waals surface area contributed by atoms with Crippen LogP contribution in [0, 0.1) is 6.92 Å². The molecule has 0 spiro atoms. The van der Waals surface area contributed by atoms with Crippen LogP contribution in [0.4, 0.5) is 0 Å². The zero-order valence-electron chi connectivity index (χ0n) is 18.6. The van der Waals surface area contributed by atoms with Crippen LogP contribution in [0.3, 0.4) is 0 Å². The van der Waals surface area contributed by atoms with Crippen LogP contribution >= 0.6 is 0 Å². The van der Waals surface area contributed by atoms with E-state index in [1.807, 2.05) is 50.5 Å². The van der Waals surface area contributed by atoms with E-state index in [1.54, 1.807) is 34.2 Å². The second kappa shape index (κ2) is 9.10. The first-order valence-electron chi connectivity index (χ1n) is 10.6. The van der Waals surface area contributed by atoms with Gasteiger partial charge in [-0.1, -0.05) is 23.4 Å². The Morgan fingerprint density at radius 1 is 1.09 bits per heavy atom. The van der Waals surface area contributed by atoms with Crippen molar-refractivity contribution in [3.05, 3.63) is 100 Å². The van der Waals surface area contributed by atoms with Crippen molar-refractivity contribution < 1.29 is 9.26 Å². The number of aryl methyl sites for hydroxylation is 2. The van der Waals surface area contributed by atoms with Gasteiger partial charge >= 0.3 is 0 Å². The van der Waals surface area contributed by atoms with Crippen LogP contribution in [-0.4, -0.2) is 34.7 Å². The van der Waals surface area contributed by atoms with E-state index in [-0.39, 0.29) is 12.0 Å². The molecule has 0 atom stereocenters. The fraction of sp³-hybridized carbons (Fsp3) is 0.167. The van der Waals surface area contributed by atoms with Gasteiger partial charge in [-0.3, -0.25) is 9.48 Å². The van der Waals surface area contributed by atoms with Crippen molar-refractivity contribution in [3.8, 4) is 22.8 Å². The van der Waals surface area contributed by atoms with Crippen LogP contribution in [0.5, 0.6) is 5.75 Å². The summed E-state index contributed by atoms with van der Waals surface area (Å²) in [5.41, 5.74) is 3.57. The Hall–Kier alpha value is -4.60. The molecule has 0 bridgehead atoms. The highest BCUT2D eigenvalue weighted by molar-refractivity contribution is 5.56. The molecule has 5 rings (SSSR count). The summed E-state index contributed by atoms with van der Waals surface area (Å²) in [7, 11) is 1.83. The van der Waals surface area contributed by atoms with E-state index in [0.717, 1.165) is 22.6 Å². The molecular weight excluding hydrogens is 434 g/mol. The van der Waals surface area contributed by atoms with E-state index in [0.29, 0.717) is 29.4 Å². The Bertz CT molecular complexity index is 1480. The van der Waals surface area contributed by atoms with E-state index in [4.69, 9.17) is 9.26 Å². The van der Waals surface area contributed by atoms with Gasteiger partial charge in [0.15, 0.2) is 11.6 Å². The van der Waals surface area contributed by atoms with E-state index in [2.05, 4.69) is 25.3 Å². The van der Waals surface area contributed by atoms with Gasteiger partial charge in [0.2, 0.25) is 5.43 Å². The fourth-order valence-electron chi connectivity index (χ4n) is 3.44. The fourth-order valence-corrected chi connectivity index (χ4v) is 3.44. The van der Waals surface area contributed by atoms with Crippen molar-refractivity contribution in [2.45, 2.75) is 20.0 Å². The molecule has 5 aromatic rings. The molecule has 0 unspecified atom stereocenters. The van der Waals surface area contributed by atoms with Crippen molar-refractivity contribution >= 4 is 0 Å². The monoisotopic (exact) mass is 455 g/mol. The first-order chi connectivity index (χ1) is 16.5. The molecule has 0 aliphatic carbocycles. The number of hydrogen-bond donors (Lipinski definition) is 0. The maximum absolute atomic E-state index is 12.4. The summed E-state index contributed by atoms with van der Waals surface area (Å²) in [5, 5.41) is 12.6. The minimum absolute atomic E-state index is 0.120. The summed E-state index contributed by atoms with van der Waals surface area (Å²) in [6.45, 7) is 2.10. The number of nitrogens with zero attached hydrogens (tertiary/aromatic N) is 7. The number of ether oxygens (including phenoxy) is 1. The molecular formula is C24H21N7O3. The summed E-state index contributed by atoms with van der Waals surface area (Å²) >= 11 is 0. The molecule has 0 aliphatic rings. The first-order valence-corrected chi connectivity index (χ1v) is 10.6. The second-order valence-electron chi connectivity index (χ2n) is 7.78. The van der Waals surface area contributed by atoms with Gasteiger partial charge in [-0.2, -0.15) is 10.2 Å². The highest BCUT2D eigenvalue weighted by Crippen LogP contribution is 2.19. The van der Waals surface area contributed by atoms with Crippen molar-refractivity contribution in [2.75, 3.05) is 0 Å². The highest BCUT2D eigenvalue weighted by atomic mass is 16.5. The molecule has 34 heavy (non-hydrogen) atoms. The lowest BCUT2D eigenvalue weighted by Crippen LogP contribution is -2.16. The Morgan fingerprint density at radius 3 is 2.68 bits per heavy atom. The topological polar surface area (TPSA) is 114 Å². The quantitative estimate of drug-likeness (QED) is 0.368. The standard InChI is InChI=1S/C24H21N7O3/c1-16-8-19(29-34-16)15-33-21-12-25-24(26-13-21)18-5-3-4-17(9-18)10-22-23(32)6-7-31(28-22)20-11-27-30(2)14-20/h3-9,11-14H,10,15H2,1-2H3. The lowest BCUT2D eigenvalue weighted by molar-refractivity contribution is 0.286. The largest absolute Gasteiger partial charge is 0.484 e. The van der Waals surface area contributed by atoms with Gasteiger partial charge in [0, 0.05) is 37.4 Å². The van der Waals surface area contributed by atoms with E-state index >= 15 is 0 Å². The van der Waals surface area contributed by atoms with Gasteiger partial charge in [-0.15, -0.1) is 0 Å². The van der Waals surface area contributed by atoms with Crippen LogP contribution in [0.2, 0.25) is 0 Å². The highest BCUT2D eigenvalue weighted by Gasteiger charge is 2.09. The van der Waals surface area contributed by atoms with Crippen LogP contribution in [-0.2, 0) is 20.1 Å². The zero-order valence-corrected chi connectivity index (χ0v) is 18.6. The molecule has 0 fully saturated rings. The molecule has 0 radical (unpaired) electrons. The van der Waals surface area contributed by atoms with Crippen molar-refractivity contribution in [1.29, 1.82) is 0 Å². The maximum Gasteiger partial charge on any atom is 0.203 e. The van der Waals surface area contributed by atoms with Gasteiger partial charge in [0.25, 0.3) is 0 Å². The summed E-state index contributed by atoms with van der Waals surface area (Å²) in [4.78, 5) is 21.3. The van der Waals surface area contributed by atoms with E-state index in [1.165, 1.54) is 6.07 Å². The molecule has 4 aromatic heterocycles. The summed E-state index contributed by atoms with van der Waals surface area (Å²) in [6, 6.07) is 11.1. The Kier molecular flexibility index (Phi) is 5.69. The summed E-state index contributed by atoms with van der Waals surface area (Å²) in [5.74, 6) is 1.82. The van der Waals surface area contributed by atoms with Crippen LogP contribution in [0.15, 0.2) is 76.7 Å². The molecule has 10 nitrogen and oxygen atoms in total. The SMILES string of the molecule is Cc1cc(COc2cnc(-c3cccc(Cc4nn(-c5cnn(C)c5)ccc4=O)c3)nc2)no1. The molecule has 0 saturated carbocycles. The zero-order chi connectivity index (χ0) is 23.5. The van der Waals surface area contributed by atoms with E-state index < -0.39 is 0 Å². The van der Waals surface area contributed by atoms with Crippen molar-refractivity contribution in [3.63, 3.8) is 0 Å². The summed E-state index contributed by atoms with van der Waals surface area (Å²) in [6.07, 6.45) is 8.78. The minimum atomic E-state index is -0.120. The van der Waals surface area contributed by atoms with Crippen LogP contribution in [0.25, 0.3) is 17.1 Å². The second-order valence-corrected chi connectivity index (χ2v) is 7.78. The third kappa shape index (κ3) is 4.75. The van der Waals surface area contributed by atoms with Gasteiger partial charge in [-0.25, -0.2) is 14.6 Å².